The second kappa shape index (κ2) is 4.91. The third-order valence-electron chi connectivity index (χ3n) is 1.86. The maximum Gasteiger partial charge on any atom is 0.219 e. The summed E-state index contributed by atoms with van der Waals surface area (Å²) in [6, 6.07) is -0.262. The minimum atomic E-state index is -0.262. The molecule has 0 fully saturated rings. The Morgan fingerprint density at radius 1 is 1.50 bits per heavy atom. The Balaban J connectivity index is 4.14. The monoisotopic (exact) mass is 171 g/mol. The van der Waals surface area contributed by atoms with Gasteiger partial charge in [0.25, 0.3) is 0 Å². The quantitative estimate of drug-likeness (QED) is 0.593. The van der Waals surface area contributed by atoms with E-state index in [1.807, 2.05) is 13.8 Å². The smallest absolute Gasteiger partial charge is 0.219 e. The van der Waals surface area contributed by atoms with Crippen LogP contribution in [0.5, 0.6) is 0 Å². The molecule has 0 spiro atoms. The lowest BCUT2D eigenvalue weighted by Crippen LogP contribution is -2.37. The Bertz CT molecular complexity index is 166. The third-order valence-corrected chi connectivity index (χ3v) is 1.86. The van der Waals surface area contributed by atoms with Gasteiger partial charge >= 0.3 is 0 Å². The fourth-order valence-electron chi connectivity index (χ4n) is 1.02. The average molecular weight is 171 g/mol. The number of carbonyl (C=O) groups is 2. The van der Waals surface area contributed by atoms with Crippen molar-refractivity contribution in [2.75, 3.05) is 7.05 Å². The van der Waals surface area contributed by atoms with Crippen molar-refractivity contribution in [3.8, 4) is 0 Å². The summed E-state index contributed by atoms with van der Waals surface area (Å²) in [5, 5.41) is 0. The standard InChI is InChI=1S/C9H17NO2/c1-7(2)5-9(6-11)10(4)8(3)12/h6-7,9H,5H2,1-4H3. The van der Waals surface area contributed by atoms with Crippen molar-refractivity contribution in [2.24, 2.45) is 5.92 Å². The molecule has 0 aromatic rings. The first-order chi connectivity index (χ1) is 5.49. The summed E-state index contributed by atoms with van der Waals surface area (Å²) in [6.07, 6.45) is 1.57. The largest absolute Gasteiger partial charge is 0.336 e. The van der Waals surface area contributed by atoms with Crippen LogP contribution in [0.2, 0.25) is 0 Å². The van der Waals surface area contributed by atoms with Crippen LogP contribution in [0.15, 0.2) is 0 Å². The first-order valence-electron chi connectivity index (χ1n) is 4.17. The Kier molecular flexibility index (Phi) is 4.55. The van der Waals surface area contributed by atoms with E-state index in [1.165, 1.54) is 11.8 Å². The minimum absolute atomic E-state index is 0.0623. The molecule has 3 heteroatoms. The van der Waals surface area contributed by atoms with Crippen LogP contribution in [0.4, 0.5) is 0 Å². The maximum atomic E-state index is 10.9. The van der Waals surface area contributed by atoms with Gasteiger partial charge in [0.1, 0.15) is 6.29 Å². The van der Waals surface area contributed by atoms with Crippen LogP contribution in [-0.4, -0.2) is 30.2 Å². The second-order valence-electron chi connectivity index (χ2n) is 3.46. The third kappa shape index (κ3) is 3.51. The highest BCUT2D eigenvalue weighted by Crippen LogP contribution is 2.08. The Hall–Kier alpha value is -0.860. The van der Waals surface area contributed by atoms with Crippen molar-refractivity contribution in [1.29, 1.82) is 0 Å². The summed E-state index contributed by atoms with van der Waals surface area (Å²) in [4.78, 5) is 23.0. The van der Waals surface area contributed by atoms with E-state index in [0.717, 1.165) is 12.7 Å². The number of amides is 1. The van der Waals surface area contributed by atoms with Crippen molar-refractivity contribution in [2.45, 2.75) is 33.2 Å². The molecule has 3 nitrogen and oxygen atoms in total. The minimum Gasteiger partial charge on any atom is -0.336 e. The maximum absolute atomic E-state index is 10.9. The number of carbonyl (C=O) groups excluding carboxylic acids is 2. The predicted octanol–water partition coefficient (Wildman–Crippen LogP) is 1.08. The van der Waals surface area contributed by atoms with Crippen LogP contribution in [0.3, 0.4) is 0 Å². The van der Waals surface area contributed by atoms with E-state index in [1.54, 1.807) is 7.05 Å². The molecule has 0 aliphatic heterocycles. The summed E-state index contributed by atoms with van der Waals surface area (Å²) in [5.41, 5.74) is 0. The summed E-state index contributed by atoms with van der Waals surface area (Å²) in [7, 11) is 1.66. The van der Waals surface area contributed by atoms with E-state index >= 15 is 0 Å². The molecular weight excluding hydrogens is 154 g/mol. The highest BCUT2D eigenvalue weighted by atomic mass is 16.2. The zero-order chi connectivity index (χ0) is 9.72. The highest BCUT2D eigenvalue weighted by molar-refractivity contribution is 5.77. The van der Waals surface area contributed by atoms with Gasteiger partial charge in [-0.15, -0.1) is 0 Å². The molecule has 12 heavy (non-hydrogen) atoms. The molecule has 70 valence electrons. The number of nitrogens with zero attached hydrogens (tertiary/aromatic N) is 1. The molecule has 0 rings (SSSR count). The van der Waals surface area contributed by atoms with Crippen molar-refractivity contribution < 1.29 is 9.59 Å². The van der Waals surface area contributed by atoms with E-state index in [0.29, 0.717) is 5.92 Å². The van der Waals surface area contributed by atoms with Crippen molar-refractivity contribution in [1.82, 2.24) is 4.90 Å². The molecule has 0 aromatic carbocycles. The summed E-state index contributed by atoms with van der Waals surface area (Å²) in [5.74, 6) is 0.370. The molecule has 0 heterocycles. The predicted molar refractivity (Wildman–Crippen MR) is 47.8 cm³/mol. The molecule has 0 bridgehead atoms. The van der Waals surface area contributed by atoms with Gasteiger partial charge in [0.15, 0.2) is 0 Å². The van der Waals surface area contributed by atoms with Crippen LogP contribution in [0, 0.1) is 5.92 Å². The van der Waals surface area contributed by atoms with Gasteiger partial charge in [-0.1, -0.05) is 13.8 Å². The van der Waals surface area contributed by atoms with E-state index in [4.69, 9.17) is 0 Å². The number of hydrogen-bond donors (Lipinski definition) is 0. The van der Waals surface area contributed by atoms with Gasteiger partial charge in [0.2, 0.25) is 5.91 Å². The lowest BCUT2D eigenvalue weighted by atomic mass is 10.0. The molecule has 1 atom stereocenters. The van der Waals surface area contributed by atoms with Crippen LogP contribution in [-0.2, 0) is 9.59 Å². The zero-order valence-electron chi connectivity index (χ0n) is 8.20. The first-order valence-corrected chi connectivity index (χ1v) is 4.17. The van der Waals surface area contributed by atoms with Crippen LogP contribution in [0.1, 0.15) is 27.2 Å². The van der Waals surface area contributed by atoms with Crippen molar-refractivity contribution >= 4 is 12.2 Å². The Morgan fingerprint density at radius 2 is 2.00 bits per heavy atom. The molecular formula is C9H17NO2. The lowest BCUT2D eigenvalue weighted by molar-refractivity contribution is -0.133. The van der Waals surface area contributed by atoms with Crippen LogP contribution >= 0.6 is 0 Å². The summed E-state index contributed by atoms with van der Waals surface area (Å²) < 4.78 is 0. The molecule has 0 radical (unpaired) electrons. The van der Waals surface area contributed by atoms with Gasteiger partial charge in [-0.05, 0) is 12.3 Å². The van der Waals surface area contributed by atoms with Crippen molar-refractivity contribution in [3.05, 3.63) is 0 Å². The molecule has 1 unspecified atom stereocenters. The molecule has 0 saturated heterocycles. The number of aldehydes is 1. The Morgan fingerprint density at radius 3 is 2.25 bits per heavy atom. The topological polar surface area (TPSA) is 37.4 Å². The van der Waals surface area contributed by atoms with Gasteiger partial charge in [-0.25, -0.2) is 0 Å². The lowest BCUT2D eigenvalue weighted by Gasteiger charge is -2.23. The van der Waals surface area contributed by atoms with Gasteiger partial charge in [-0.2, -0.15) is 0 Å². The van der Waals surface area contributed by atoms with E-state index in [2.05, 4.69) is 0 Å². The van der Waals surface area contributed by atoms with Crippen LogP contribution in [0.25, 0.3) is 0 Å². The normalized spacial score (nSPS) is 12.8. The second-order valence-corrected chi connectivity index (χ2v) is 3.46. The molecule has 0 aliphatic rings. The first kappa shape index (κ1) is 11.1. The van der Waals surface area contributed by atoms with Crippen LogP contribution < -0.4 is 0 Å². The number of likely N-dealkylation sites (N-methyl/N-ethyl adjacent to an activating group) is 1. The SMILES string of the molecule is CC(=O)N(C)C(C=O)CC(C)C. The highest BCUT2D eigenvalue weighted by Gasteiger charge is 2.16. The van der Waals surface area contributed by atoms with Gasteiger partial charge in [0.05, 0.1) is 6.04 Å². The number of rotatable bonds is 4. The fourth-order valence-corrected chi connectivity index (χ4v) is 1.02. The number of hydrogen-bond acceptors (Lipinski definition) is 2. The Labute approximate surface area is 73.7 Å². The van der Waals surface area contributed by atoms with Gasteiger partial charge < -0.3 is 9.69 Å². The van der Waals surface area contributed by atoms with Gasteiger partial charge in [-0.3, -0.25) is 4.79 Å². The fraction of sp³-hybridized carbons (Fsp3) is 0.778. The van der Waals surface area contributed by atoms with E-state index < -0.39 is 0 Å². The molecule has 0 saturated carbocycles. The zero-order valence-corrected chi connectivity index (χ0v) is 8.20. The molecule has 0 aromatic heterocycles. The molecule has 0 N–H and O–H groups in total. The van der Waals surface area contributed by atoms with E-state index in [-0.39, 0.29) is 11.9 Å². The summed E-state index contributed by atoms with van der Waals surface area (Å²) in [6.45, 7) is 5.53. The van der Waals surface area contributed by atoms with E-state index in [9.17, 15) is 9.59 Å². The molecule has 0 aliphatic carbocycles. The van der Waals surface area contributed by atoms with Gasteiger partial charge in [0, 0.05) is 14.0 Å². The van der Waals surface area contributed by atoms with Crippen molar-refractivity contribution in [3.63, 3.8) is 0 Å². The summed E-state index contributed by atoms with van der Waals surface area (Å²) >= 11 is 0. The molecule has 1 amide bonds. The average Bonchev–Trinajstić information content (AvgIpc) is 1.98.